The summed E-state index contributed by atoms with van der Waals surface area (Å²) in [4.78, 5) is 25.7. The van der Waals surface area contributed by atoms with E-state index >= 15 is 0 Å². The molecule has 1 saturated heterocycles. The highest BCUT2D eigenvalue weighted by Gasteiger charge is 2.30. The Morgan fingerprint density at radius 1 is 1.30 bits per heavy atom. The van der Waals surface area contributed by atoms with Gasteiger partial charge in [0, 0.05) is 31.6 Å². The van der Waals surface area contributed by atoms with Crippen LogP contribution in [0.25, 0.3) is 0 Å². The van der Waals surface area contributed by atoms with Gasteiger partial charge < -0.3 is 19.5 Å². The maximum atomic E-state index is 12.3. The summed E-state index contributed by atoms with van der Waals surface area (Å²) < 4.78 is 7.07. The molecule has 3 rings (SSSR count). The maximum Gasteiger partial charge on any atom is 0.409 e. The first kappa shape index (κ1) is 19.7. The minimum absolute atomic E-state index is 0.0179. The summed E-state index contributed by atoms with van der Waals surface area (Å²) in [5.41, 5.74) is 0. The Kier molecular flexibility index (Phi) is 6.76. The zero-order valence-corrected chi connectivity index (χ0v) is 16.5. The normalized spacial score (nSPS) is 17.6. The molecule has 1 N–H and O–H groups in total. The first-order chi connectivity index (χ1) is 13.1. The number of nitrogens with one attached hydrogen (secondary N) is 1. The summed E-state index contributed by atoms with van der Waals surface area (Å²) in [5, 5.41) is 12.4. The molecule has 2 aliphatic rings. The Morgan fingerprint density at radius 3 is 2.67 bits per heavy atom. The fourth-order valence-corrected chi connectivity index (χ4v) is 3.94. The number of ether oxygens (including phenoxy) is 1. The Bertz CT molecular complexity index is 681. The number of rotatable bonds is 8. The van der Waals surface area contributed by atoms with Gasteiger partial charge >= 0.3 is 6.09 Å². The van der Waals surface area contributed by atoms with Crippen molar-refractivity contribution in [2.24, 2.45) is 0 Å². The number of hydrogen-bond donors (Lipinski definition) is 1. The fraction of sp³-hybridized carbons (Fsp3) is 0.667. The molecule has 1 aromatic rings. The molecule has 1 saturated carbocycles. The minimum atomic E-state index is -0.272. The SMILES string of the molecule is C=CCn1c(SCC(=O)NC2CCN(C(=O)OCC)CC2)nnc1C1CC1. The van der Waals surface area contributed by atoms with E-state index in [1.165, 1.54) is 11.8 Å². The largest absolute Gasteiger partial charge is 0.450 e. The van der Waals surface area contributed by atoms with Crippen LogP contribution in [-0.4, -0.2) is 63.2 Å². The lowest BCUT2D eigenvalue weighted by Crippen LogP contribution is -2.47. The second kappa shape index (κ2) is 9.25. The second-order valence-corrected chi connectivity index (χ2v) is 7.77. The monoisotopic (exact) mass is 393 g/mol. The van der Waals surface area contributed by atoms with E-state index in [-0.39, 0.29) is 18.0 Å². The van der Waals surface area contributed by atoms with Gasteiger partial charge in [0.25, 0.3) is 0 Å². The molecule has 8 nitrogen and oxygen atoms in total. The second-order valence-electron chi connectivity index (χ2n) is 6.83. The van der Waals surface area contributed by atoms with Crippen LogP contribution in [0.1, 0.15) is 44.3 Å². The topological polar surface area (TPSA) is 89.4 Å². The van der Waals surface area contributed by atoms with Crippen LogP contribution in [0, 0.1) is 0 Å². The van der Waals surface area contributed by atoms with Crippen molar-refractivity contribution in [3.63, 3.8) is 0 Å². The van der Waals surface area contributed by atoms with Gasteiger partial charge in [0.15, 0.2) is 5.16 Å². The summed E-state index contributed by atoms with van der Waals surface area (Å²) in [6, 6.07) is 0.0943. The number of carbonyl (C=O) groups excluding carboxylic acids is 2. The molecule has 1 aliphatic carbocycles. The van der Waals surface area contributed by atoms with Crippen LogP contribution in [0.3, 0.4) is 0 Å². The number of nitrogens with zero attached hydrogens (tertiary/aromatic N) is 4. The molecule has 148 valence electrons. The lowest BCUT2D eigenvalue weighted by atomic mass is 10.1. The highest BCUT2D eigenvalue weighted by molar-refractivity contribution is 7.99. The predicted octanol–water partition coefficient (Wildman–Crippen LogP) is 2.17. The van der Waals surface area contributed by atoms with Gasteiger partial charge in [0.2, 0.25) is 5.91 Å². The van der Waals surface area contributed by atoms with Crippen molar-refractivity contribution >= 4 is 23.8 Å². The van der Waals surface area contributed by atoms with E-state index < -0.39 is 0 Å². The highest BCUT2D eigenvalue weighted by atomic mass is 32.2. The third-order valence-electron chi connectivity index (χ3n) is 4.72. The first-order valence-corrected chi connectivity index (χ1v) is 10.5. The maximum absolute atomic E-state index is 12.3. The number of amides is 2. The van der Waals surface area contributed by atoms with E-state index in [4.69, 9.17) is 4.74 Å². The molecule has 2 fully saturated rings. The Labute approximate surface area is 163 Å². The molecule has 1 aromatic heterocycles. The average molecular weight is 394 g/mol. The van der Waals surface area contributed by atoms with Crippen molar-refractivity contribution < 1.29 is 14.3 Å². The van der Waals surface area contributed by atoms with E-state index in [1.54, 1.807) is 11.8 Å². The quantitative estimate of drug-likeness (QED) is 0.538. The molecule has 9 heteroatoms. The standard InChI is InChI=1S/C18H27N5O3S/c1-3-9-23-16(13-5-6-13)20-21-17(23)27-12-15(24)19-14-7-10-22(11-8-14)18(25)26-4-2/h3,13-14H,1,4-12H2,2H3,(H,19,24). The molecule has 2 amide bonds. The number of allylic oxidation sites excluding steroid dienone is 1. The van der Waals surface area contributed by atoms with Gasteiger partial charge in [-0.15, -0.1) is 16.8 Å². The molecule has 0 atom stereocenters. The highest BCUT2D eigenvalue weighted by Crippen LogP contribution is 2.40. The van der Waals surface area contributed by atoms with Crippen molar-refractivity contribution in [1.29, 1.82) is 0 Å². The zero-order valence-electron chi connectivity index (χ0n) is 15.7. The third-order valence-corrected chi connectivity index (χ3v) is 5.68. The molecule has 0 spiro atoms. The number of piperidine rings is 1. The lowest BCUT2D eigenvalue weighted by Gasteiger charge is -2.31. The van der Waals surface area contributed by atoms with Crippen molar-refractivity contribution in [2.75, 3.05) is 25.4 Å². The molecule has 0 radical (unpaired) electrons. The van der Waals surface area contributed by atoms with E-state index in [0.717, 1.165) is 36.7 Å². The number of aromatic nitrogens is 3. The van der Waals surface area contributed by atoms with Gasteiger partial charge in [-0.2, -0.15) is 0 Å². The van der Waals surface area contributed by atoms with Crippen molar-refractivity contribution in [2.45, 2.75) is 56.3 Å². The first-order valence-electron chi connectivity index (χ1n) is 9.50. The third kappa shape index (κ3) is 5.24. The van der Waals surface area contributed by atoms with Crippen LogP contribution in [-0.2, 0) is 16.1 Å². The summed E-state index contributed by atoms with van der Waals surface area (Å²) in [6.07, 6.45) is 5.36. The van der Waals surface area contributed by atoms with Gasteiger partial charge in [-0.25, -0.2) is 4.79 Å². The minimum Gasteiger partial charge on any atom is -0.450 e. The molecular weight excluding hydrogens is 366 g/mol. The molecule has 1 aliphatic heterocycles. The Morgan fingerprint density at radius 2 is 2.04 bits per heavy atom. The zero-order chi connectivity index (χ0) is 19.2. The number of carbonyl (C=O) groups is 2. The predicted molar refractivity (Wildman–Crippen MR) is 103 cm³/mol. The molecule has 0 bridgehead atoms. The van der Waals surface area contributed by atoms with E-state index in [1.807, 2.05) is 6.08 Å². The summed E-state index contributed by atoms with van der Waals surface area (Å²) in [7, 11) is 0. The molecule has 27 heavy (non-hydrogen) atoms. The summed E-state index contributed by atoms with van der Waals surface area (Å²) in [5.74, 6) is 1.79. The van der Waals surface area contributed by atoms with Gasteiger partial charge in [-0.05, 0) is 32.6 Å². The van der Waals surface area contributed by atoms with E-state index in [2.05, 4.69) is 26.7 Å². The summed E-state index contributed by atoms with van der Waals surface area (Å²) >= 11 is 1.41. The van der Waals surface area contributed by atoms with Crippen LogP contribution in [0.15, 0.2) is 17.8 Å². The summed E-state index contributed by atoms with van der Waals surface area (Å²) in [6.45, 7) is 7.85. The van der Waals surface area contributed by atoms with E-state index in [9.17, 15) is 9.59 Å². The van der Waals surface area contributed by atoms with Crippen molar-refractivity contribution in [3.05, 3.63) is 18.5 Å². The van der Waals surface area contributed by atoms with Gasteiger partial charge in [0.1, 0.15) is 5.82 Å². The van der Waals surface area contributed by atoms with Crippen LogP contribution >= 0.6 is 11.8 Å². The van der Waals surface area contributed by atoms with Crippen molar-refractivity contribution in [3.8, 4) is 0 Å². The number of thioether (sulfide) groups is 1. The number of hydrogen-bond acceptors (Lipinski definition) is 6. The Hall–Kier alpha value is -2.03. The fourth-order valence-electron chi connectivity index (χ4n) is 3.17. The lowest BCUT2D eigenvalue weighted by molar-refractivity contribution is -0.119. The average Bonchev–Trinajstić information content (AvgIpc) is 3.43. The van der Waals surface area contributed by atoms with Crippen LogP contribution in [0.4, 0.5) is 4.79 Å². The molecule has 0 aromatic carbocycles. The molecule has 0 unspecified atom stereocenters. The van der Waals surface area contributed by atoms with E-state index in [0.29, 0.717) is 37.9 Å². The van der Waals surface area contributed by atoms with Crippen LogP contribution in [0.5, 0.6) is 0 Å². The van der Waals surface area contributed by atoms with Crippen molar-refractivity contribution in [1.82, 2.24) is 25.0 Å². The number of likely N-dealkylation sites (tertiary alicyclic amines) is 1. The van der Waals surface area contributed by atoms with Gasteiger partial charge in [-0.1, -0.05) is 17.8 Å². The Balaban J connectivity index is 1.44. The van der Waals surface area contributed by atoms with Crippen LogP contribution < -0.4 is 5.32 Å². The van der Waals surface area contributed by atoms with Crippen LogP contribution in [0.2, 0.25) is 0 Å². The van der Waals surface area contributed by atoms with Gasteiger partial charge in [-0.3, -0.25) is 4.79 Å². The van der Waals surface area contributed by atoms with Gasteiger partial charge in [0.05, 0.1) is 12.4 Å². The smallest absolute Gasteiger partial charge is 0.409 e. The molecular formula is C18H27N5O3S. The molecule has 2 heterocycles.